The Labute approximate surface area is 214 Å². The third-order valence-corrected chi connectivity index (χ3v) is 6.49. The number of benzene rings is 2. The van der Waals surface area contributed by atoms with Crippen LogP contribution in [0.2, 0.25) is 5.02 Å². The second-order valence-corrected chi connectivity index (χ2v) is 9.34. The summed E-state index contributed by atoms with van der Waals surface area (Å²) in [5, 5.41) is 16.7. The van der Waals surface area contributed by atoms with Crippen molar-refractivity contribution in [1.82, 2.24) is 4.90 Å². The first-order valence-corrected chi connectivity index (χ1v) is 11.9. The van der Waals surface area contributed by atoms with Crippen molar-refractivity contribution < 1.29 is 46.5 Å². The maximum Gasteiger partial charge on any atom is 0.490 e. The molecule has 1 saturated heterocycles. The van der Waals surface area contributed by atoms with Gasteiger partial charge in [-0.15, -0.1) is 0 Å². The van der Waals surface area contributed by atoms with Crippen LogP contribution in [0, 0.1) is 11.6 Å². The lowest BCUT2D eigenvalue weighted by molar-refractivity contribution is -0.192. The summed E-state index contributed by atoms with van der Waals surface area (Å²) in [6.45, 7) is 2.58. The van der Waals surface area contributed by atoms with Gasteiger partial charge in [-0.05, 0) is 72.6 Å². The number of hydrogen-bond donors (Lipinski definition) is 2. The molecule has 202 valence electrons. The van der Waals surface area contributed by atoms with E-state index in [0.717, 1.165) is 55.5 Å². The fraction of sp³-hybridized carbons (Fsp3) is 0.440. The van der Waals surface area contributed by atoms with Crippen molar-refractivity contribution in [3.63, 3.8) is 0 Å². The summed E-state index contributed by atoms with van der Waals surface area (Å²) in [5.74, 6) is -4.67. The quantitative estimate of drug-likeness (QED) is 0.411. The Bertz CT molecular complexity index is 1130. The summed E-state index contributed by atoms with van der Waals surface area (Å²) in [4.78, 5) is 22.4. The molecule has 2 aromatic carbocycles. The lowest BCUT2D eigenvalue weighted by atomic mass is 9.98. The van der Waals surface area contributed by atoms with Gasteiger partial charge in [-0.3, -0.25) is 4.90 Å². The summed E-state index contributed by atoms with van der Waals surface area (Å²) in [5.41, 5.74) is 2.38. The highest BCUT2D eigenvalue weighted by Gasteiger charge is 2.38. The number of rotatable bonds is 7. The number of ether oxygens (including phenoxy) is 1. The predicted molar refractivity (Wildman–Crippen MR) is 124 cm³/mol. The van der Waals surface area contributed by atoms with Gasteiger partial charge in [0.2, 0.25) is 0 Å². The van der Waals surface area contributed by atoms with Crippen LogP contribution in [-0.2, 0) is 22.7 Å². The first-order chi connectivity index (χ1) is 17.3. The summed E-state index contributed by atoms with van der Waals surface area (Å²) >= 11 is 6.05. The molecule has 0 radical (unpaired) electrons. The Morgan fingerprint density at radius 3 is 2.14 bits per heavy atom. The molecule has 2 aromatic rings. The van der Waals surface area contributed by atoms with Crippen LogP contribution in [0.5, 0.6) is 0 Å². The molecule has 1 saturated carbocycles. The van der Waals surface area contributed by atoms with Crippen LogP contribution in [0.4, 0.5) is 22.0 Å². The number of halogens is 6. The molecule has 0 spiro atoms. The number of aromatic carboxylic acids is 1. The Hall–Kier alpha value is -2.76. The highest BCUT2D eigenvalue weighted by molar-refractivity contribution is 6.31. The average molecular weight is 550 g/mol. The highest BCUT2D eigenvalue weighted by atomic mass is 35.5. The van der Waals surface area contributed by atoms with Gasteiger partial charge in [0.15, 0.2) is 0 Å². The van der Waals surface area contributed by atoms with E-state index in [1.54, 1.807) is 6.07 Å². The van der Waals surface area contributed by atoms with E-state index in [1.807, 2.05) is 0 Å². The number of aliphatic carboxylic acids is 1. The third kappa shape index (κ3) is 8.37. The minimum absolute atomic E-state index is 0.0939. The molecule has 1 heterocycles. The maximum atomic E-state index is 14.2. The molecular formula is C25H25ClF5NO5. The van der Waals surface area contributed by atoms with Gasteiger partial charge in [0.25, 0.3) is 0 Å². The third-order valence-electron chi connectivity index (χ3n) is 6.14. The molecule has 1 aliphatic heterocycles. The molecule has 0 bridgehead atoms. The number of alkyl halides is 3. The second-order valence-electron chi connectivity index (χ2n) is 8.94. The number of carboxylic acid groups (broad SMARTS) is 2. The smallest absolute Gasteiger partial charge is 0.478 e. The van der Waals surface area contributed by atoms with E-state index in [-0.39, 0.29) is 17.5 Å². The van der Waals surface area contributed by atoms with Crippen molar-refractivity contribution in [2.24, 2.45) is 0 Å². The van der Waals surface area contributed by atoms with Crippen molar-refractivity contribution in [2.45, 2.75) is 57.0 Å². The molecule has 12 heteroatoms. The van der Waals surface area contributed by atoms with Crippen LogP contribution in [0.15, 0.2) is 30.3 Å². The highest BCUT2D eigenvalue weighted by Crippen LogP contribution is 2.43. The molecule has 0 atom stereocenters. The van der Waals surface area contributed by atoms with Gasteiger partial charge < -0.3 is 14.9 Å². The van der Waals surface area contributed by atoms with Crippen LogP contribution in [0.3, 0.4) is 0 Å². The van der Waals surface area contributed by atoms with E-state index in [4.69, 9.17) is 26.2 Å². The Morgan fingerprint density at radius 2 is 1.62 bits per heavy atom. The largest absolute Gasteiger partial charge is 0.490 e. The van der Waals surface area contributed by atoms with Crippen molar-refractivity contribution in [2.75, 3.05) is 13.1 Å². The van der Waals surface area contributed by atoms with Gasteiger partial charge in [-0.1, -0.05) is 17.7 Å². The predicted octanol–water partition coefficient (Wildman–Crippen LogP) is 6.01. The number of nitrogens with zero attached hydrogens (tertiary/aromatic N) is 1. The molecule has 2 aliphatic rings. The van der Waals surface area contributed by atoms with Crippen molar-refractivity contribution in [3.05, 3.63) is 69.2 Å². The topological polar surface area (TPSA) is 87.1 Å². The van der Waals surface area contributed by atoms with Crippen LogP contribution in [0.25, 0.3) is 0 Å². The first-order valence-electron chi connectivity index (χ1n) is 11.5. The second kappa shape index (κ2) is 12.2. The summed E-state index contributed by atoms with van der Waals surface area (Å²) in [6.07, 6.45) is -1.25. The number of carbonyl (C=O) groups is 2. The van der Waals surface area contributed by atoms with E-state index in [0.29, 0.717) is 24.1 Å². The molecule has 2 fully saturated rings. The number of piperidine rings is 1. The number of hydrogen-bond acceptors (Lipinski definition) is 4. The normalized spacial score (nSPS) is 16.7. The van der Waals surface area contributed by atoms with E-state index in [2.05, 4.69) is 4.90 Å². The van der Waals surface area contributed by atoms with Crippen molar-refractivity contribution in [1.29, 1.82) is 0 Å². The SMILES string of the molecule is O=C(O)C(F)(F)F.O=C(O)c1cc(C2CC2)c(CN2CCC(OCc3ccc(F)cc3Cl)CC2)cc1F. The van der Waals surface area contributed by atoms with E-state index in [1.165, 1.54) is 24.3 Å². The van der Waals surface area contributed by atoms with Gasteiger partial charge in [-0.2, -0.15) is 13.2 Å². The molecule has 4 rings (SSSR count). The molecule has 0 unspecified atom stereocenters. The van der Waals surface area contributed by atoms with Gasteiger partial charge in [0, 0.05) is 24.7 Å². The summed E-state index contributed by atoms with van der Waals surface area (Å²) in [7, 11) is 0. The van der Waals surface area contributed by atoms with Gasteiger partial charge in [-0.25, -0.2) is 18.4 Å². The molecule has 0 amide bonds. The molecule has 2 N–H and O–H groups in total. The maximum absolute atomic E-state index is 14.2. The monoisotopic (exact) mass is 549 g/mol. The van der Waals surface area contributed by atoms with Crippen LogP contribution in [-0.4, -0.2) is 52.4 Å². The molecule has 6 nitrogen and oxygen atoms in total. The molecule has 0 aromatic heterocycles. The Morgan fingerprint density at radius 1 is 1.00 bits per heavy atom. The van der Waals surface area contributed by atoms with E-state index < -0.39 is 23.9 Å². The lowest BCUT2D eigenvalue weighted by Gasteiger charge is -2.32. The van der Waals surface area contributed by atoms with E-state index in [9.17, 15) is 31.9 Å². The van der Waals surface area contributed by atoms with E-state index >= 15 is 0 Å². The Kier molecular flexibility index (Phi) is 9.49. The van der Waals surface area contributed by atoms with Crippen LogP contribution >= 0.6 is 11.6 Å². The number of likely N-dealkylation sites (tertiary alicyclic amines) is 1. The fourth-order valence-electron chi connectivity index (χ4n) is 4.03. The summed E-state index contributed by atoms with van der Waals surface area (Å²) in [6, 6.07) is 7.22. The minimum atomic E-state index is -5.08. The Balaban J connectivity index is 0.000000479. The number of carboxylic acids is 2. The first kappa shape index (κ1) is 28.8. The standard InChI is InChI=1S/C23H24ClF2NO3.C2HF3O2/c24-21-10-17(25)4-3-15(21)13-30-18-5-7-27(8-6-18)12-16-9-22(26)20(23(28)29)11-19(16)14-1-2-14;3-2(4,5)1(6)7/h3-4,9-11,14,18H,1-2,5-8,12-13H2,(H,28,29);(H,6,7). The summed E-state index contributed by atoms with van der Waals surface area (Å²) < 4.78 is 65.1. The van der Waals surface area contributed by atoms with Crippen LogP contribution in [0.1, 0.15) is 58.6 Å². The van der Waals surface area contributed by atoms with Crippen molar-refractivity contribution >= 4 is 23.5 Å². The van der Waals surface area contributed by atoms with Crippen molar-refractivity contribution in [3.8, 4) is 0 Å². The average Bonchev–Trinajstić information content (AvgIpc) is 3.64. The fourth-order valence-corrected chi connectivity index (χ4v) is 4.25. The minimum Gasteiger partial charge on any atom is -0.478 e. The zero-order valence-electron chi connectivity index (χ0n) is 19.5. The zero-order chi connectivity index (χ0) is 27.3. The molecule has 1 aliphatic carbocycles. The van der Waals surface area contributed by atoms with Crippen LogP contribution < -0.4 is 0 Å². The zero-order valence-corrected chi connectivity index (χ0v) is 20.3. The van der Waals surface area contributed by atoms with Gasteiger partial charge in [0.1, 0.15) is 11.6 Å². The van der Waals surface area contributed by atoms with Gasteiger partial charge >= 0.3 is 18.1 Å². The molecule has 37 heavy (non-hydrogen) atoms. The molecular weight excluding hydrogens is 525 g/mol. The lowest BCUT2D eigenvalue weighted by Crippen LogP contribution is -2.36. The van der Waals surface area contributed by atoms with Gasteiger partial charge in [0.05, 0.1) is 18.3 Å².